The highest BCUT2D eigenvalue weighted by atomic mass is 16.5. The van der Waals surface area contributed by atoms with Crippen LogP contribution in [0.5, 0.6) is 0 Å². The van der Waals surface area contributed by atoms with Gasteiger partial charge in [-0.2, -0.15) is 4.99 Å². The minimum absolute atomic E-state index is 0.0527. The molecule has 1 unspecified atom stereocenters. The van der Waals surface area contributed by atoms with Gasteiger partial charge < -0.3 is 34.6 Å². The van der Waals surface area contributed by atoms with E-state index < -0.39 is 24.1 Å². The molecule has 6 aromatic rings. The Balaban J connectivity index is 1.02. The Morgan fingerprint density at radius 2 is 1.26 bits per heavy atom. The van der Waals surface area contributed by atoms with Crippen LogP contribution in [0.25, 0.3) is 55.1 Å². The molecule has 2 saturated heterocycles. The Labute approximate surface area is 354 Å². The van der Waals surface area contributed by atoms with Crippen molar-refractivity contribution in [1.29, 1.82) is 0 Å². The molecule has 2 aromatic heterocycles. The second kappa shape index (κ2) is 17.2. The van der Waals surface area contributed by atoms with Crippen LogP contribution >= 0.6 is 0 Å². The molecule has 0 radical (unpaired) electrons. The molecule has 14 nitrogen and oxygen atoms in total. The molecule has 2 aliphatic rings. The minimum atomic E-state index is -0.726. The number of alkyl carbamates (subject to hydrolysis) is 1. The van der Waals surface area contributed by atoms with Crippen molar-refractivity contribution in [3.63, 3.8) is 0 Å². The van der Waals surface area contributed by atoms with Gasteiger partial charge in [-0.3, -0.25) is 9.59 Å². The second-order valence-electron chi connectivity index (χ2n) is 16.7. The summed E-state index contributed by atoms with van der Waals surface area (Å²) >= 11 is 0. The van der Waals surface area contributed by atoms with Crippen molar-refractivity contribution in [2.75, 3.05) is 27.3 Å². The smallest absolute Gasteiger partial charge is 0.432 e. The molecule has 0 aliphatic carbocycles. The fraction of sp³-hybridized carbons (Fsp3) is 0.383. The van der Waals surface area contributed by atoms with Gasteiger partial charge in [-0.1, -0.05) is 64.1 Å². The molecule has 2 aliphatic heterocycles. The van der Waals surface area contributed by atoms with E-state index in [2.05, 4.69) is 85.7 Å². The van der Waals surface area contributed by atoms with Crippen LogP contribution < -0.4 is 5.32 Å². The predicted octanol–water partition coefficient (Wildman–Crippen LogP) is 8.74. The molecular formula is C47H52N8O6. The van der Waals surface area contributed by atoms with E-state index >= 15 is 0 Å². The van der Waals surface area contributed by atoms with E-state index in [9.17, 15) is 19.2 Å². The predicted molar refractivity (Wildman–Crippen MR) is 235 cm³/mol. The van der Waals surface area contributed by atoms with E-state index in [-0.39, 0.29) is 35.7 Å². The van der Waals surface area contributed by atoms with Crippen molar-refractivity contribution >= 4 is 63.1 Å². The minimum Gasteiger partial charge on any atom is -0.453 e. The molecule has 4 aromatic carbocycles. The number of nitrogens with zero attached hydrogens (tertiary/aromatic N) is 5. The van der Waals surface area contributed by atoms with Crippen LogP contribution in [0.2, 0.25) is 0 Å². The van der Waals surface area contributed by atoms with Gasteiger partial charge in [-0.25, -0.2) is 19.6 Å². The Morgan fingerprint density at radius 3 is 1.89 bits per heavy atom. The number of H-pyrrole nitrogens is 2. The number of aromatic amines is 2. The number of benzene rings is 4. The van der Waals surface area contributed by atoms with Crippen LogP contribution in [0.3, 0.4) is 0 Å². The Morgan fingerprint density at radius 1 is 0.689 bits per heavy atom. The van der Waals surface area contributed by atoms with E-state index in [1.54, 1.807) is 0 Å². The normalized spacial score (nSPS) is 17.9. The third-order valence-corrected chi connectivity index (χ3v) is 12.1. The van der Waals surface area contributed by atoms with Crippen molar-refractivity contribution in [3.8, 4) is 22.3 Å². The van der Waals surface area contributed by atoms with Gasteiger partial charge >= 0.3 is 12.2 Å². The molecule has 8 rings (SSSR count). The first kappa shape index (κ1) is 41.2. The van der Waals surface area contributed by atoms with Crippen molar-refractivity contribution in [1.82, 2.24) is 35.1 Å². The number of nitrogens with one attached hydrogen (secondary N) is 3. The molecule has 316 valence electrons. The van der Waals surface area contributed by atoms with Crippen LogP contribution in [0, 0.1) is 17.8 Å². The summed E-state index contributed by atoms with van der Waals surface area (Å²) in [6.07, 6.45) is 3.32. The van der Waals surface area contributed by atoms with Gasteiger partial charge in [0, 0.05) is 19.3 Å². The molecule has 0 bridgehead atoms. The lowest BCUT2D eigenvalue weighted by atomic mass is 9.95. The van der Waals surface area contributed by atoms with E-state index in [1.165, 1.54) is 20.4 Å². The number of hydrogen-bond donors (Lipinski definition) is 3. The summed E-state index contributed by atoms with van der Waals surface area (Å²) in [5.74, 6) is 0.545. The molecule has 2 fully saturated rings. The van der Waals surface area contributed by atoms with Crippen LogP contribution in [0.4, 0.5) is 9.59 Å². The SMILES string of the molecule is COC(=O)/N=C/C(C(=O)N1CCC[C@H]1c1nc2ccc(-c3ccc4ccc(-c5ccc6[nH]c([C@@H]7CCCN7C(=O)[C@@H](NC(=O)OC)C(C)C)nc6c5)cc4c3)cc2[nH]1)C(C)C. The quantitative estimate of drug-likeness (QED) is 0.115. The number of imidazole rings is 2. The lowest BCUT2D eigenvalue weighted by Crippen LogP contribution is -2.51. The van der Waals surface area contributed by atoms with Crippen LogP contribution in [-0.4, -0.2) is 93.3 Å². The van der Waals surface area contributed by atoms with Crippen molar-refractivity contribution in [3.05, 3.63) is 84.4 Å². The summed E-state index contributed by atoms with van der Waals surface area (Å²) in [5.41, 5.74) is 7.62. The van der Waals surface area contributed by atoms with E-state index in [0.29, 0.717) is 13.1 Å². The topological polar surface area (TPSA) is 175 Å². The molecule has 61 heavy (non-hydrogen) atoms. The average molecular weight is 825 g/mol. The number of methoxy groups -OCH3 is 2. The standard InChI is InChI=1S/C47H52N8O6/c1-26(2)34(25-48-46(58)60-5)44(56)54-19-7-9-39(54)42-49-35-17-15-31(23-37(35)51-42)29-13-11-28-12-14-30(22-33(28)21-29)32-16-18-36-38(24-32)52-43(50-36)40-10-8-20-55(40)45(57)41(27(3)4)53-47(59)61-6/h11-18,21-27,34,39-41H,7-10,19-20H2,1-6H3,(H,49,51)(H,50,52)(H,53,59)/b48-25+/t34?,39-,40-,41-/m0/s1. The van der Waals surface area contributed by atoms with Crippen LogP contribution in [0.1, 0.15) is 77.1 Å². The first-order valence-corrected chi connectivity index (χ1v) is 21.0. The fourth-order valence-electron chi connectivity index (χ4n) is 8.75. The van der Waals surface area contributed by atoms with Crippen molar-refractivity contribution in [2.24, 2.45) is 22.7 Å². The number of hydrogen-bond acceptors (Lipinski definition) is 8. The maximum atomic E-state index is 13.8. The van der Waals surface area contributed by atoms with Crippen LogP contribution in [0.15, 0.2) is 77.8 Å². The van der Waals surface area contributed by atoms with Gasteiger partial charge in [0.15, 0.2) is 0 Å². The zero-order valence-corrected chi connectivity index (χ0v) is 35.4. The summed E-state index contributed by atoms with van der Waals surface area (Å²) in [6.45, 7) is 8.90. The Kier molecular flexibility index (Phi) is 11.6. The monoisotopic (exact) mass is 824 g/mol. The third-order valence-electron chi connectivity index (χ3n) is 12.1. The average Bonchev–Trinajstić information content (AvgIpc) is 4.09. The number of aromatic nitrogens is 4. The van der Waals surface area contributed by atoms with Crippen molar-refractivity contribution in [2.45, 2.75) is 71.5 Å². The number of carbonyl (C=O) groups excluding carboxylic acids is 4. The number of amides is 4. The first-order valence-electron chi connectivity index (χ1n) is 21.0. The lowest BCUT2D eigenvalue weighted by molar-refractivity contribution is -0.136. The fourth-order valence-corrected chi connectivity index (χ4v) is 8.75. The van der Waals surface area contributed by atoms with Crippen molar-refractivity contribution < 1.29 is 28.7 Å². The molecule has 3 N–H and O–H groups in total. The highest BCUT2D eigenvalue weighted by molar-refractivity contribution is 5.97. The molecule has 14 heteroatoms. The second-order valence-corrected chi connectivity index (χ2v) is 16.7. The summed E-state index contributed by atoms with van der Waals surface area (Å²) in [6, 6.07) is 24.2. The first-order chi connectivity index (χ1) is 29.4. The Hall–Kier alpha value is -6.57. The van der Waals surface area contributed by atoms with Gasteiger partial charge in [-0.15, -0.1) is 0 Å². The number of rotatable bonds is 10. The maximum absolute atomic E-state index is 13.8. The molecule has 0 spiro atoms. The molecule has 4 heterocycles. The van der Waals surface area contributed by atoms with Gasteiger partial charge in [0.1, 0.15) is 17.7 Å². The largest absolute Gasteiger partial charge is 0.453 e. The molecule has 4 atom stereocenters. The number of likely N-dealkylation sites (tertiary alicyclic amines) is 2. The number of carbonyl (C=O) groups is 4. The zero-order valence-electron chi connectivity index (χ0n) is 35.4. The highest BCUT2D eigenvalue weighted by Gasteiger charge is 2.38. The summed E-state index contributed by atoms with van der Waals surface area (Å²) < 4.78 is 9.44. The van der Waals surface area contributed by atoms with E-state index in [4.69, 9.17) is 14.7 Å². The van der Waals surface area contributed by atoms with E-state index in [1.807, 2.05) is 49.6 Å². The third kappa shape index (κ3) is 8.31. The highest BCUT2D eigenvalue weighted by Crippen LogP contribution is 2.37. The molecule has 0 saturated carbocycles. The number of ether oxygens (including phenoxy) is 2. The van der Waals surface area contributed by atoms with Gasteiger partial charge in [-0.05, 0) is 107 Å². The van der Waals surface area contributed by atoms with Crippen LogP contribution in [-0.2, 0) is 19.1 Å². The zero-order chi connectivity index (χ0) is 42.9. The summed E-state index contributed by atoms with van der Waals surface area (Å²) in [7, 11) is 2.56. The van der Waals surface area contributed by atoms with Gasteiger partial charge in [0.05, 0.1) is 54.3 Å². The molecular weight excluding hydrogens is 773 g/mol. The molecule has 4 amide bonds. The lowest BCUT2D eigenvalue weighted by Gasteiger charge is -2.29. The maximum Gasteiger partial charge on any atom is 0.432 e. The Bertz CT molecular complexity index is 2660. The number of fused-ring (bicyclic) bond motifs is 3. The number of aliphatic imine (C=N–C) groups is 1. The van der Waals surface area contributed by atoms with Gasteiger partial charge in [0.2, 0.25) is 11.8 Å². The summed E-state index contributed by atoms with van der Waals surface area (Å²) in [5, 5.41) is 4.93. The van der Waals surface area contributed by atoms with E-state index in [0.717, 1.165) is 92.4 Å². The summed E-state index contributed by atoms with van der Waals surface area (Å²) in [4.78, 5) is 75.6. The van der Waals surface area contributed by atoms with Gasteiger partial charge in [0.25, 0.3) is 0 Å².